The van der Waals surface area contributed by atoms with Crippen LogP contribution in [0.4, 0.5) is 0 Å². The van der Waals surface area contributed by atoms with Crippen LogP contribution in [0.15, 0.2) is 22.9 Å². The predicted molar refractivity (Wildman–Crippen MR) is 62.6 cm³/mol. The molecule has 2 heterocycles. The minimum atomic E-state index is -0.0622. The lowest BCUT2D eigenvalue weighted by Crippen LogP contribution is -1.91. The molecule has 0 bridgehead atoms. The van der Waals surface area contributed by atoms with Crippen LogP contribution in [0.2, 0.25) is 5.15 Å². The second kappa shape index (κ2) is 4.13. The highest BCUT2D eigenvalue weighted by molar-refractivity contribution is 6.29. The van der Waals surface area contributed by atoms with Gasteiger partial charge in [0.15, 0.2) is 0 Å². The first-order valence-electron chi connectivity index (χ1n) is 5.51. The standard InChI is InChI=1S/C12H11ClN2O2/c13-10-4-3-8(5-14-10)11-9(6-16)12(17-15-11)7-1-2-7/h3-5,7,16H,1-2,6H2. The summed E-state index contributed by atoms with van der Waals surface area (Å²) < 4.78 is 5.32. The highest BCUT2D eigenvalue weighted by atomic mass is 35.5. The van der Waals surface area contributed by atoms with Crippen LogP contribution in [-0.4, -0.2) is 15.2 Å². The first-order chi connectivity index (χ1) is 8.29. The summed E-state index contributed by atoms with van der Waals surface area (Å²) in [4.78, 5) is 4.00. The Kier molecular flexibility index (Phi) is 2.61. The van der Waals surface area contributed by atoms with Crippen molar-refractivity contribution < 1.29 is 9.63 Å². The van der Waals surface area contributed by atoms with Crippen LogP contribution in [0.25, 0.3) is 11.3 Å². The van der Waals surface area contributed by atoms with Gasteiger partial charge in [-0.3, -0.25) is 0 Å². The normalized spacial score (nSPS) is 15.2. The van der Waals surface area contributed by atoms with Crippen molar-refractivity contribution in [3.8, 4) is 11.3 Å². The number of pyridine rings is 1. The van der Waals surface area contributed by atoms with E-state index in [-0.39, 0.29) is 6.61 Å². The minimum Gasteiger partial charge on any atom is -0.391 e. The monoisotopic (exact) mass is 250 g/mol. The van der Waals surface area contributed by atoms with Gasteiger partial charge in [0, 0.05) is 23.2 Å². The number of nitrogens with zero attached hydrogens (tertiary/aromatic N) is 2. The van der Waals surface area contributed by atoms with E-state index in [2.05, 4.69) is 10.1 Å². The fourth-order valence-corrected chi connectivity index (χ4v) is 2.00. The molecule has 0 unspecified atom stereocenters. The molecule has 1 aliphatic carbocycles. The van der Waals surface area contributed by atoms with Crippen molar-refractivity contribution in [2.24, 2.45) is 0 Å². The number of rotatable bonds is 3. The Hall–Kier alpha value is -1.39. The van der Waals surface area contributed by atoms with Crippen LogP contribution in [0.1, 0.15) is 30.1 Å². The lowest BCUT2D eigenvalue weighted by atomic mass is 10.1. The third-order valence-electron chi connectivity index (χ3n) is 2.93. The Bertz CT molecular complexity index is 532. The van der Waals surface area contributed by atoms with Gasteiger partial charge in [0.25, 0.3) is 0 Å². The molecule has 1 fully saturated rings. The van der Waals surface area contributed by atoms with Crippen molar-refractivity contribution in [2.45, 2.75) is 25.4 Å². The second-order valence-corrected chi connectivity index (χ2v) is 4.56. The SMILES string of the molecule is OCc1c(-c2ccc(Cl)nc2)noc1C1CC1. The van der Waals surface area contributed by atoms with E-state index in [9.17, 15) is 5.11 Å². The molecular weight excluding hydrogens is 240 g/mol. The van der Waals surface area contributed by atoms with Crippen molar-refractivity contribution >= 4 is 11.6 Å². The van der Waals surface area contributed by atoms with E-state index in [0.29, 0.717) is 16.8 Å². The van der Waals surface area contributed by atoms with Crippen molar-refractivity contribution in [3.63, 3.8) is 0 Å². The molecule has 1 N–H and O–H groups in total. The van der Waals surface area contributed by atoms with Gasteiger partial charge in [-0.2, -0.15) is 0 Å². The summed E-state index contributed by atoms with van der Waals surface area (Å²) >= 11 is 5.73. The fraction of sp³-hybridized carbons (Fsp3) is 0.333. The van der Waals surface area contributed by atoms with Gasteiger partial charge in [-0.05, 0) is 25.0 Å². The fourth-order valence-electron chi connectivity index (χ4n) is 1.88. The zero-order valence-corrected chi connectivity index (χ0v) is 9.81. The number of aromatic nitrogens is 2. The van der Waals surface area contributed by atoms with E-state index in [4.69, 9.17) is 16.1 Å². The molecule has 5 heteroatoms. The molecule has 0 aromatic carbocycles. The van der Waals surface area contributed by atoms with Gasteiger partial charge >= 0.3 is 0 Å². The maximum atomic E-state index is 9.43. The molecule has 88 valence electrons. The Morgan fingerprint density at radius 2 is 2.24 bits per heavy atom. The molecule has 0 amide bonds. The summed E-state index contributed by atoms with van der Waals surface area (Å²) in [6.07, 6.45) is 3.86. The smallest absolute Gasteiger partial charge is 0.145 e. The van der Waals surface area contributed by atoms with Crippen LogP contribution in [0, 0.1) is 0 Å². The summed E-state index contributed by atoms with van der Waals surface area (Å²) in [5, 5.41) is 13.9. The molecule has 2 aromatic heterocycles. The van der Waals surface area contributed by atoms with E-state index in [1.807, 2.05) is 6.07 Å². The number of hydrogen-bond donors (Lipinski definition) is 1. The van der Waals surface area contributed by atoms with Crippen LogP contribution in [0.3, 0.4) is 0 Å². The van der Waals surface area contributed by atoms with Gasteiger partial charge in [-0.1, -0.05) is 16.8 Å². The third kappa shape index (κ3) is 1.94. The Morgan fingerprint density at radius 3 is 2.82 bits per heavy atom. The molecule has 0 atom stereocenters. The Labute approximate surface area is 103 Å². The summed E-state index contributed by atoms with van der Waals surface area (Å²) in [6.45, 7) is -0.0622. The maximum Gasteiger partial charge on any atom is 0.145 e. The highest BCUT2D eigenvalue weighted by Crippen LogP contribution is 2.43. The number of aliphatic hydroxyl groups excluding tert-OH is 1. The first-order valence-corrected chi connectivity index (χ1v) is 5.88. The zero-order valence-electron chi connectivity index (χ0n) is 9.06. The zero-order chi connectivity index (χ0) is 11.8. The van der Waals surface area contributed by atoms with Crippen LogP contribution in [-0.2, 0) is 6.61 Å². The van der Waals surface area contributed by atoms with Crippen LogP contribution >= 0.6 is 11.6 Å². The van der Waals surface area contributed by atoms with Gasteiger partial charge in [0.1, 0.15) is 16.6 Å². The largest absolute Gasteiger partial charge is 0.391 e. The van der Waals surface area contributed by atoms with Gasteiger partial charge in [0.2, 0.25) is 0 Å². The summed E-state index contributed by atoms with van der Waals surface area (Å²) in [7, 11) is 0. The van der Waals surface area contributed by atoms with Crippen molar-refractivity contribution in [1.29, 1.82) is 0 Å². The topological polar surface area (TPSA) is 59.2 Å². The number of halogens is 1. The molecule has 1 saturated carbocycles. The van der Waals surface area contributed by atoms with Gasteiger partial charge in [-0.25, -0.2) is 4.98 Å². The average Bonchev–Trinajstić information content (AvgIpc) is 3.10. The molecule has 0 radical (unpaired) electrons. The Balaban J connectivity index is 2.04. The summed E-state index contributed by atoms with van der Waals surface area (Å²) in [5.74, 6) is 1.25. The van der Waals surface area contributed by atoms with E-state index in [0.717, 1.165) is 29.7 Å². The van der Waals surface area contributed by atoms with E-state index in [1.54, 1.807) is 12.3 Å². The molecule has 4 nitrogen and oxygen atoms in total. The van der Waals surface area contributed by atoms with E-state index in [1.165, 1.54) is 0 Å². The maximum absolute atomic E-state index is 9.43. The molecule has 0 spiro atoms. The lowest BCUT2D eigenvalue weighted by Gasteiger charge is -1.99. The summed E-state index contributed by atoms with van der Waals surface area (Å²) in [6, 6.07) is 3.52. The van der Waals surface area contributed by atoms with Crippen molar-refractivity contribution in [1.82, 2.24) is 10.1 Å². The summed E-state index contributed by atoms with van der Waals surface area (Å²) in [5.41, 5.74) is 2.25. The van der Waals surface area contributed by atoms with Crippen molar-refractivity contribution in [3.05, 3.63) is 34.8 Å². The number of aliphatic hydroxyl groups is 1. The second-order valence-electron chi connectivity index (χ2n) is 4.18. The molecule has 1 aliphatic rings. The van der Waals surface area contributed by atoms with Gasteiger partial charge < -0.3 is 9.63 Å². The molecule has 17 heavy (non-hydrogen) atoms. The Morgan fingerprint density at radius 1 is 1.41 bits per heavy atom. The van der Waals surface area contributed by atoms with Crippen LogP contribution in [0.5, 0.6) is 0 Å². The third-order valence-corrected chi connectivity index (χ3v) is 3.15. The van der Waals surface area contributed by atoms with Crippen LogP contribution < -0.4 is 0 Å². The molecule has 0 aliphatic heterocycles. The number of hydrogen-bond acceptors (Lipinski definition) is 4. The highest BCUT2D eigenvalue weighted by Gasteiger charge is 2.32. The average molecular weight is 251 g/mol. The van der Waals surface area contributed by atoms with E-state index >= 15 is 0 Å². The van der Waals surface area contributed by atoms with Gasteiger partial charge in [-0.15, -0.1) is 0 Å². The molecule has 3 rings (SSSR count). The van der Waals surface area contributed by atoms with E-state index < -0.39 is 0 Å². The molecule has 0 saturated heterocycles. The quantitative estimate of drug-likeness (QED) is 0.851. The minimum absolute atomic E-state index is 0.0622. The predicted octanol–water partition coefficient (Wildman–Crippen LogP) is 2.76. The molecular formula is C12H11ClN2O2. The first kappa shape index (κ1) is 10.7. The lowest BCUT2D eigenvalue weighted by molar-refractivity contribution is 0.277. The molecule has 2 aromatic rings. The van der Waals surface area contributed by atoms with Gasteiger partial charge in [0.05, 0.1) is 6.61 Å². The van der Waals surface area contributed by atoms with Crippen molar-refractivity contribution in [2.75, 3.05) is 0 Å².